The van der Waals surface area contributed by atoms with Crippen LogP contribution in [0.25, 0.3) is 0 Å². The molecular formula is C20H24O7S. The standard InChI is InChI=1S/C20H24O7S/c1-3-25-19(20(21)22)14-16-6-8-17(9-7-16)26-13-12-15-4-10-18(11-5-15)27-28(2,23)24/h4-11,19H,3,12-14H2,1-2H3,(H,21,22)/t19-/m0/s1. The third-order valence-corrected chi connectivity index (χ3v) is 4.31. The second kappa shape index (κ2) is 10.1. The van der Waals surface area contributed by atoms with Gasteiger partial charge in [-0.3, -0.25) is 0 Å². The number of hydrogen-bond donors (Lipinski definition) is 1. The molecule has 1 atom stereocenters. The highest BCUT2D eigenvalue weighted by atomic mass is 32.2. The molecule has 0 aliphatic heterocycles. The fraction of sp³-hybridized carbons (Fsp3) is 0.350. The summed E-state index contributed by atoms with van der Waals surface area (Å²) < 4.78 is 37.9. The van der Waals surface area contributed by atoms with E-state index in [9.17, 15) is 13.2 Å². The minimum absolute atomic E-state index is 0.273. The summed E-state index contributed by atoms with van der Waals surface area (Å²) in [5, 5.41) is 9.13. The van der Waals surface area contributed by atoms with Crippen LogP contribution in [0.5, 0.6) is 11.5 Å². The second-order valence-electron chi connectivity index (χ2n) is 6.16. The average molecular weight is 408 g/mol. The Kier molecular flexibility index (Phi) is 7.83. The first-order valence-electron chi connectivity index (χ1n) is 8.81. The molecule has 0 amide bonds. The molecule has 0 heterocycles. The molecule has 2 aromatic rings. The lowest BCUT2D eigenvalue weighted by molar-refractivity contribution is -0.149. The molecule has 0 aliphatic rings. The molecule has 0 unspecified atom stereocenters. The summed E-state index contributed by atoms with van der Waals surface area (Å²) in [6, 6.07) is 14.0. The smallest absolute Gasteiger partial charge is 0.333 e. The quantitative estimate of drug-likeness (QED) is 0.571. The van der Waals surface area contributed by atoms with Crippen LogP contribution >= 0.6 is 0 Å². The summed E-state index contributed by atoms with van der Waals surface area (Å²) in [5.41, 5.74) is 1.84. The molecule has 152 valence electrons. The monoisotopic (exact) mass is 408 g/mol. The average Bonchev–Trinajstić information content (AvgIpc) is 2.63. The van der Waals surface area contributed by atoms with Gasteiger partial charge < -0.3 is 18.8 Å². The van der Waals surface area contributed by atoms with E-state index in [0.29, 0.717) is 31.8 Å². The molecule has 2 rings (SSSR count). The molecular weight excluding hydrogens is 384 g/mol. The van der Waals surface area contributed by atoms with Crippen molar-refractivity contribution in [3.05, 3.63) is 59.7 Å². The molecule has 0 bridgehead atoms. The van der Waals surface area contributed by atoms with Crippen molar-refractivity contribution in [2.45, 2.75) is 25.9 Å². The van der Waals surface area contributed by atoms with E-state index in [1.54, 1.807) is 43.3 Å². The maximum Gasteiger partial charge on any atom is 0.333 e. The molecule has 2 aromatic carbocycles. The van der Waals surface area contributed by atoms with Gasteiger partial charge >= 0.3 is 16.1 Å². The van der Waals surface area contributed by atoms with Gasteiger partial charge in [-0.05, 0) is 42.3 Å². The van der Waals surface area contributed by atoms with Crippen LogP contribution < -0.4 is 8.92 Å². The molecule has 0 spiro atoms. The highest BCUT2D eigenvalue weighted by Gasteiger charge is 2.17. The van der Waals surface area contributed by atoms with Crippen LogP contribution in [0.4, 0.5) is 0 Å². The number of benzene rings is 2. The summed E-state index contributed by atoms with van der Waals surface area (Å²) >= 11 is 0. The summed E-state index contributed by atoms with van der Waals surface area (Å²) in [4.78, 5) is 11.1. The SMILES string of the molecule is CCO[C@@H](Cc1ccc(OCCc2ccc(OS(C)(=O)=O)cc2)cc1)C(=O)O. The highest BCUT2D eigenvalue weighted by Crippen LogP contribution is 2.17. The van der Waals surface area contributed by atoms with Gasteiger partial charge in [-0.25, -0.2) is 4.79 Å². The van der Waals surface area contributed by atoms with Gasteiger partial charge in [-0.2, -0.15) is 8.42 Å². The van der Waals surface area contributed by atoms with Crippen LogP contribution in [-0.2, 0) is 32.5 Å². The van der Waals surface area contributed by atoms with Gasteiger partial charge in [0.05, 0.1) is 12.9 Å². The first kappa shape index (κ1) is 21.7. The van der Waals surface area contributed by atoms with Crippen molar-refractivity contribution in [2.24, 2.45) is 0 Å². The van der Waals surface area contributed by atoms with Gasteiger partial charge in [0.2, 0.25) is 0 Å². The Morgan fingerprint density at radius 1 is 1.00 bits per heavy atom. The molecule has 0 aliphatic carbocycles. The van der Waals surface area contributed by atoms with Gasteiger partial charge in [0.1, 0.15) is 11.5 Å². The Labute approximate surface area is 165 Å². The van der Waals surface area contributed by atoms with Crippen molar-refractivity contribution < 1.29 is 32.0 Å². The zero-order valence-corrected chi connectivity index (χ0v) is 16.6. The zero-order valence-electron chi connectivity index (χ0n) is 15.8. The second-order valence-corrected chi connectivity index (χ2v) is 7.74. The topological polar surface area (TPSA) is 99.1 Å². The number of carboxylic acids is 1. The summed E-state index contributed by atoms with van der Waals surface area (Å²) in [6.07, 6.45) is 1.09. The molecule has 1 N–H and O–H groups in total. The lowest BCUT2D eigenvalue weighted by Crippen LogP contribution is -2.26. The highest BCUT2D eigenvalue weighted by molar-refractivity contribution is 7.86. The van der Waals surface area contributed by atoms with Gasteiger partial charge in [0.15, 0.2) is 6.10 Å². The van der Waals surface area contributed by atoms with E-state index in [-0.39, 0.29) is 5.75 Å². The Balaban J connectivity index is 1.82. The molecule has 8 heteroatoms. The Bertz CT molecular complexity index is 858. The lowest BCUT2D eigenvalue weighted by atomic mass is 10.1. The van der Waals surface area contributed by atoms with E-state index < -0.39 is 22.2 Å². The number of hydrogen-bond acceptors (Lipinski definition) is 6. The fourth-order valence-corrected chi connectivity index (χ4v) is 2.99. The zero-order chi connectivity index (χ0) is 20.6. The first-order chi connectivity index (χ1) is 13.3. The van der Waals surface area contributed by atoms with E-state index in [0.717, 1.165) is 17.4 Å². The third-order valence-electron chi connectivity index (χ3n) is 3.82. The predicted octanol–water partition coefficient (Wildman–Crippen LogP) is 2.68. The number of carboxylic acid groups (broad SMARTS) is 1. The molecule has 7 nitrogen and oxygen atoms in total. The van der Waals surface area contributed by atoms with Crippen molar-refractivity contribution >= 4 is 16.1 Å². The third kappa shape index (κ3) is 7.58. The van der Waals surface area contributed by atoms with Crippen LogP contribution in [0, 0.1) is 0 Å². The van der Waals surface area contributed by atoms with E-state index in [4.69, 9.17) is 18.8 Å². The predicted molar refractivity (Wildman–Crippen MR) is 104 cm³/mol. The van der Waals surface area contributed by atoms with Crippen molar-refractivity contribution in [1.82, 2.24) is 0 Å². The number of carbonyl (C=O) groups is 1. The Morgan fingerprint density at radius 2 is 1.57 bits per heavy atom. The van der Waals surface area contributed by atoms with Crippen LogP contribution in [0.3, 0.4) is 0 Å². The van der Waals surface area contributed by atoms with Gasteiger partial charge in [0.25, 0.3) is 0 Å². The van der Waals surface area contributed by atoms with Crippen LogP contribution in [0.1, 0.15) is 18.1 Å². The largest absolute Gasteiger partial charge is 0.493 e. The normalized spacial score (nSPS) is 12.4. The Morgan fingerprint density at radius 3 is 2.11 bits per heavy atom. The fourth-order valence-electron chi connectivity index (χ4n) is 2.53. The van der Waals surface area contributed by atoms with Gasteiger partial charge in [-0.1, -0.05) is 24.3 Å². The molecule has 0 saturated heterocycles. The van der Waals surface area contributed by atoms with Crippen molar-refractivity contribution in [1.29, 1.82) is 0 Å². The molecule has 0 fully saturated rings. The van der Waals surface area contributed by atoms with Crippen molar-refractivity contribution in [3.8, 4) is 11.5 Å². The molecule has 28 heavy (non-hydrogen) atoms. The lowest BCUT2D eigenvalue weighted by Gasteiger charge is -2.13. The van der Waals surface area contributed by atoms with Gasteiger partial charge in [0, 0.05) is 19.4 Å². The van der Waals surface area contributed by atoms with E-state index in [1.165, 1.54) is 0 Å². The maximum absolute atomic E-state index is 11.1. The Hall–Kier alpha value is -2.58. The minimum atomic E-state index is -3.53. The number of rotatable bonds is 11. The van der Waals surface area contributed by atoms with E-state index in [2.05, 4.69) is 0 Å². The number of ether oxygens (including phenoxy) is 2. The molecule has 0 saturated carbocycles. The van der Waals surface area contributed by atoms with Crippen LogP contribution in [-0.4, -0.2) is 45.1 Å². The van der Waals surface area contributed by atoms with E-state index >= 15 is 0 Å². The van der Waals surface area contributed by atoms with Crippen molar-refractivity contribution in [3.63, 3.8) is 0 Å². The van der Waals surface area contributed by atoms with Crippen LogP contribution in [0.15, 0.2) is 48.5 Å². The van der Waals surface area contributed by atoms with Crippen molar-refractivity contribution in [2.75, 3.05) is 19.5 Å². The molecule has 0 radical (unpaired) electrons. The summed E-state index contributed by atoms with van der Waals surface area (Å²) in [7, 11) is -3.53. The number of aliphatic carboxylic acids is 1. The summed E-state index contributed by atoms with van der Waals surface area (Å²) in [6.45, 7) is 2.56. The summed E-state index contributed by atoms with van der Waals surface area (Å²) in [5.74, 6) is -0.0197. The van der Waals surface area contributed by atoms with Crippen LogP contribution in [0.2, 0.25) is 0 Å². The first-order valence-corrected chi connectivity index (χ1v) is 10.6. The van der Waals surface area contributed by atoms with E-state index in [1.807, 2.05) is 12.1 Å². The molecule has 0 aromatic heterocycles. The minimum Gasteiger partial charge on any atom is -0.493 e. The maximum atomic E-state index is 11.1. The van der Waals surface area contributed by atoms with Gasteiger partial charge in [-0.15, -0.1) is 0 Å².